The Hall–Kier alpha value is -4.01. The molecule has 0 fully saturated rings. The van der Waals surface area contributed by atoms with Crippen LogP contribution in [0.4, 0.5) is 0 Å². The van der Waals surface area contributed by atoms with Gasteiger partial charge in [0.15, 0.2) is 12.1 Å². The Labute approximate surface area is 366 Å². The third-order valence-corrected chi connectivity index (χ3v) is 9.42. The maximum atomic E-state index is 12.7. The first kappa shape index (κ1) is 56.0. The van der Waals surface area contributed by atoms with E-state index in [0.717, 1.165) is 109 Å². The smallest absolute Gasteiger partial charge is 0.362 e. The summed E-state index contributed by atoms with van der Waals surface area (Å²) in [6.45, 7) is 4.42. The quantitative estimate of drug-likeness (QED) is 0.0285. The molecule has 8 heteroatoms. The van der Waals surface area contributed by atoms with Gasteiger partial charge in [0.2, 0.25) is 0 Å². The monoisotopic (exact) mass is 835 g/mol. The third-order valence-electron chi connectivity index (χ3n) is 9.42. The molecule has 338 valence electrons. The zero-order chi connectivity index (χ0) is 44.2. The second-order valence-electron chi connectivity index (χ2n) is 15.9. The van der Waals surface area contributed by atoms with E-state index in [4.69, 9.17) is 14.2 Å². The predicted octanol–water partition coefficient (Wildman–Crippen LogP) is 12.9. The van der Waals surface area contributed by atoms with Crippen molar-refractivity contribution in [2.75, 3.05) is 41.0 Å². The highest BCUT2D eigenvalue weighted by molar-refractivity contribution is 5.72. The molecule has 0 spiro atoms. The summed E-state index contributed by atoms with van der Waals surface area (Å²) in [6.07, 6.45) is 57.0. The molecule has 0 bridgehead atoms. The molecule has 0 aliphatic rings. The zero-order valence-corrected chi connectivity index (χ0v) is 38.4. The van der Waals surface area contributed by atoms with Gasteiger partial charge in [-0.05, 0) is 96.3 Å². The van der Waals surface area contributed by atoms with Crippen LogP contribution in [0.15, 0.2) is 109 Å². The standard InChI is InChI=1S/C52H83NO7/c1-6-8-10-12-14-16-18-20-22-24-25-27-29-31-33-35-37-39-41-43-51(55)60-48(46-58-45-44-49(52(56)57)53(3,4)5)47-59-50(54)42-40-38-36-34-32-30-28-26-23-21-19-17-15-13-11-9-7-2/h8-11,14-17,20-23,25,27-28,30-31,33,48-49H,6-7,12-13,18-19,24,26,29,32,34-47H2,1-5H3/p+1/b10-8-,11-9-,16-14-,17-15-,22-20-,23-21-,27-25-,30-28-,33-31-. The fourth-order valence-electron chi connectivity index (χ4n) is 5.93. The summed E-state index contributed by atoms with van der Waals surface area (Å²) in [6, 6.07) is -0.632. The lowest BCUT2D eigenvalue weighted by Crippen LogP contribution is -2.50. The summed E-state index contributed by atoms with van der Waals surface area (Å²) < 4.78 is 17.2. The number of carboxylic acid groups (broad SMARTS) is 1. The van der Waals surface area contributed by atoms with E-state index in [1.54, 1.807) is 0 Å². The van der Waals surface area contributed by atoms with E-state index >= 15 is 0 Å². The van der Waals surface area contributed by atoms with Gasteiger partial charge in [-0.15, -0.1) is 0 Å². The molecular weight excluding hydrogens is 751 g/mol. The molecule has 0 aromatic heterocycles. The Morgan fingerprint density at radius 1 is 0.500 bits per heavy atom. The fourth-order valence-corrected chi connectivity index (χ4v) is 5.93. The number of carbonyl (C=O) groups is 3. The van der Waals surface area contributed by atoms with E-state index < -0.39 is 18.1 Å². The molecular formula is C52H84NO7+. The molecule has 1 N–H and O–H groups in total. The van der Waals surface area contributed by atoms with Gasteiger partial charge in [0.05, 0.1) is 34.4 Å². The molecule has 2 atom stereocenters. The number of esters is 2. The van der Waals surface area contributed by atoms with Crippen molar-refractivity contribution in [2.45, 2.75) is 161 Å². The van der Waals surface area contributed by atoms with Gasteiger partial charge >= 0.3 is 17.9 Å². The molecule has 0 aromatic carbocycles. The van der Waals surface area contributed by atoms with Crippen LogP contribution in [-0.2, 0) is 28.6 Å². The van der Waals surface area contributed by atoms with E-state index in [0.29, 0.717) is 19.3 Å². The van der Waals surface area contributed by atoms with Crippen molar-refractivity contribution in [3.63, 3.8) is 0 Å². The van der Waals surface area contributed by atoms with E-state index in [-0.39, 0.29) is 42.7 Å². The second kappa shape index (κ2) is 41.7. The Kier molecular flexibility index (Phi) is 38.9. The second-order valence-corrected chi connectivity index (χ2v) is 15.9. The lowest BCUT2D eigenvalue weighted by Gasteiger charge is -2.31. The molecule has 0 aliphatic heterocycles. The van der Waals surface area contributed by atoms with Crippen LogP contribution in [0.5, 0.6) is 0 Å². The molecule has 0 amide bonds. The number of rotatable bonds is 39. The molecule has 60 heavy (non-hydrogen) atoms. The number of carboxylic acids is 1. The summed E-state index contributed by atoms with van der Waals surface area (Å²) in [5, 5.41) is 9.63. The van der Waals surface area contributed by atoms with E-state index in [9.17, 15) is 19.5 Å². The molecule has 2 unspecified atom stereocenters. The molecule has 0 aromatic rings. The molecule has 8 nitrogen and oxygen atoms in total. The van der Waals surface area contributed by atoms with Crippen molar-refractivity contribution < 1.29 is 38.2 Å². The Morgan fingerprint density at radius 3 is 1.30 bits per heavy atom. The van der Waals surface area contributed by atoms with Crippen molar-refractivity contribution in [2.24, 2.45) is 0 Å². The maximum absolute atomic E-state index is 12.7. The van der Waals surface area contributed by atoms with Gasteiger partial charge in [-0.3, -0.25) is 9.59 Å². The topological polar surface area (TPSA) is 99.1 Å². The van der Waals surface area contributed by atoms with Crippen molar-refractivity contribution in [3.05, 3.63) is 109 Å². The largest absolute Gasteiger partial charge is 0.477 e. The average Bonchev–Trinajstić information content (AvgIpc) is 3.21. The highest BCUT2D eigenvalue weighted by Crippen LogP contribution is 2.12. The normalized spacial score (nSPS) is 13.9. The predicted molar refractivity (Wildman–Crippen MR) is 252 cm³/mol. The van der Waals surface area contributed by atoms with E-state index in [1.807, 2.05) is 21.1 Å². The van der Waals surface area contributed by atoms with Crippen LogP contribution in [-0.4, -0.2) is 80.6 Å². The van der Waals surface area contributed by atoms with Crippen molar-refractivity contribution in [3.8, 4) is 0 Å². The molecule has 0 heterocycles. The first-order chi connectivity index (χ1) is 29.1. The van der Waals surface area contributed by atoms with Crippen LogP contribution in [0.1, 0.15) is 149 Å². The summed E-state index contributed by atoms with van der Waals surface area (Å²) in [5.74, 6) is -1.56. The number of ether oxygens (including phenoxy) is 3. The number of hydrogen-bond donors (Lipinski definition) is 1. The van der Waals surface area contributed by atoms with Crippen molar-refractivity contribution in [1.82, 2.24) is 0 Å². The van der Waals surface area contributed by atoms with E-state index in [2.05, 4.69) is 123 Å². The Morgan fingerprint density at radius 2 is 0.883 bits per heavy atom. The van der Waals surface area contributed by atoms with Crippen LogP contribution < -0.4 is 0 Å². The first-order valence-electron chi connectivity index (χ1n) is 22.9. The van der Waals surface area contributed by atoms with Gasteiger partial charge in [0.25, 0.3) is 0 Å². The molecule has 0 rings (SSSR count). The maximum Gasteiger partial charge on any atom is 0.362 e. The van der Waals surface area contributed by atoms with Crippen LogP contribution >= 0.6 is 0 Å². The van der Waals surface area contributed by atoms with Gasteiger partial charge < -0.3 is 23.8 Å². The van der Waals surface area contributed by atoms with Gasteiger partial charge in [-0.2, -0.15) is 0 Å². The highest BCUT2D eigenvalue weighted by Gasteiger charge is 2.31. The Balaban J connectivity index is 4.46. The molecule has 0 saturated heterocycles. The SMILES string of the molecule is CC/C=C\C/C=C\C/C=C\C/C=C\C/C=C\CCCCCC(=O)OC(COCCC(C(=O)O)[N+](C)(C)C)COC(=O)CCCCCC/C=C\C/C=C\C/C=C\C/C=C\CC. The first-order valence-corrected chi connectivity index (χ1v) is 22.9. The van der Waals surface area contributed by atoms with Gasteiger partial charge in [-0.25, -0.2) is 4.79 Å². The minimum absolute atomic E-state index is 0.0316. The lowest BCUT2D eigenvalue weighted by atomic mass is 10.1. The van der Waals surface area contributed by atoms with Crippen LogP contribution in [0.2, 0.25) is 0 Å². The van der Waals surface area contributed by atoms with Crippen LogP contribution in [0.3, 0.4) is 0 Å². The summed E-state index contributed by atoms with van der Waals surface area (Å²) in [5.41, 5.74) is 0. The summed E-state index contributed by atoms with van der Waals surface area (Å²) >= 11 is 0. The van der Waals surface area contributed by atoms with Gasteiger partial charge in [0, 0.05) is 19.3 Å². The number of quaternary nitrogens is 1. The summed E-state index contributed by atoms with van der Waals surface area (Å²) in [7, 11) is 5.49. The number of unbranched alkanes of at least 4 members (excludes halogenated alkanes) is 7. The third kappa shape index (κ3) is 39.5. The number of allylic oxidation sites excluding steroid dienone is 18. The van der Waals surface area contributed by atoms with Gasteiger partial charge in [-0.1, -0.05) is 142 Å². The van der Waals surface area contributed by atoms with Crippen LogP contribution in [0, 0.1) is 0 Å². The number of likely N-dealkylation sites (N-methyl/N-ethyl adjacent to an activating group) is 1. The van der Waals surface area contributed by atoms with Crippen molar-refractivity contribution in [1.29, 1.82) is 0 Å². The average molecular weight is 835 g/mol. The highest BCUT2D eigenvalue weighted by atomic mass is 16.6. The fraction of sp³-hybridized carbons (Fsp3) is 0.596. The van der Waals surface area contributed by atoms with Crippen molar-refractivity contribution >= 4 is 17.9 Å². The van der Waals surface area contributed by atoms with E-state index in [1.165, 1.54) is 0 Å². The van der Waals surface area contributed by atoms with Crippen LogP contribution in [0.25, 0.3) is 0 Å². The number of hydrogen-bond acceptors (Lipinski definition) is 6. The molecule has 0 aliphatic carbocycles. The number of carbonyl (C=O) groups excluding carboxylic acids is 2. The minimum Gasteiger partial charge on any atom is -0.477 e. The molecule has 0 radical (unpaired) electrons. The number of aliphatic carboxylic acids is 1. The molecule has 0 saturated carbocycles. The minimum atomic E-state index is -0.890. The Bertz CT molecular complexity index is 1340. The van der Waals surface area contributed by atoms with Gasteiger partial charge in [0.1, 0.15) is 6.61 Å². The lowest BCUT2D eigenvalue weighted by molar-refractivity contribution is -0.887. The zero-order valence-electron chi connectivity index (χ0n) is 38.4. The number of nitrogens with zero attached hydrogens (tertiary/aromatic N) is 1. The summed E-state index contributed by atoms with van der Waals surface area (Å²) in [4.78, 5) is 37.0.